The second-order valence-corrected chi connectivity index (χ2v) is 8.44. The highest BCUT2D eigenvalue weighted by Gasteiger charge is 2.14. The van der Waals surface area contributed by atoms with E-state index in [-0.39, 0.29) is 11.9 Å². The summed E-state index contributed by atoms with van der Waals surface area (Å²) in [6, 6.07) is 22.0. The Kier molecular flexibility index (Phi) is 6.26. The van der Waals surface area contributed by atoms with Crippen molar-refractivity contribution in [2.75, 3.05) is 7.11 Å². The van der Waals surface area contributed by atoms with Crippen LogP contribution in [0.5, 0.6) is 5.75 Å². The van der Waals surface area contributed by atoms with Crippen LogP contribution in [-0.4, -0.2) is 22.8 Å². The molecule has 0 unspecified atom stereocenters. The molecule has 0 fully saturated rings. The molecular weight excluding hydrogens is 398 g/mol. The molecule has 32 heavy (non-hydrogen) atoms. The number of nitrogens with zero attached hydrogens (tertiary/aromatic N) is 2. The highest BCUT2D eigenvalue weighted by Crippen LogP contribution is 2.21. The standard InChI is InChI=1S/C27H29N3O2/c1-18(2)21-8-10-22(11-9-21)19(3)29-27(31)23-12-13-24-16-28-30(26(24)15-23)17-20-6-5-7-25(14-20)32-4/h5-16,18-19H,17H2,1-4H3,(H,29,31)/t19-/m1/s1. The molecule has 0 bridgehead atoms. The molecular formula is C27H29N3O2. The molecule has 4 rings (SSSR count). The van der Waals surface area contributed by atoms with E-state index in [1.807, 2.05) is 60.3 Å². The largest absolute Gasteiger partial charge is 0.497 e. The minimum absolute atomic E-state index is 0.0823. The monoisotopic (exact) mass is 427 g/mol. The van der Waals surface area contributed by atoms with Crippen LogP contribution in [0.1, 0.15) is 59.8 Å². The predicted molar refractivity (Wildman–Crippen MR) is 128 cm³/mol. The molecule has 0 saturated heterocycles. The molecule has 0 spiro atoms. The molecule has 3 aromatic carbocycles. The van der Waals surface area contributed by atoms with Crippen LogP contribution in [0.3, 0.4) is 0 Å². The van der Waals surface area contributed by atoms with E-state index in [2.05, 4.69) is 48.5 Å². The molecule has 0 aliphatic rings. The van der Waals surface area contributed by atoms with Gasteiger partial charge in [0.25, 0.3) is 5.91 Å². The Labute approximate surface area is 189 Å². The summed E-state index contributed by atoms with van der Waals surface area (Å²) in [5, 5.41) is 8.64. The molecule has 1 heterocycles. The number of rotatable bonds is 7. The van der Waals surface area contributed by atoms with Crippen LogP contribution < -0.4 is 10.1 Å². The van der Waals surface area contributed by atoms with Crippen LogP contribution in [0.25, 0.3) is 10.9 Å². The number of ether oxygens (including phenoxy) is 1. The molecule has 1 amide bonds. The lowest BCUT2D eigenvalue weighted by molar-refractivity contribution is 0.0940. The van der Waals surface area contributed by atoms with Crippen molar-refractivity contribution in [2.45, 2.75) is 39.3 Å². The summed E-state index contributed by atoms with van der Waals surface area (Å²) in [6.45, 7) is 6.96. The van der Waals surface area contributed by atoms with Gasteiger partial charge in [0.05, 0.1) is 31.4 Å². The molecule has 0 saturated carbocycles. The van der Waals surface area contributed by atoms with E-state index in [1.165, 1.54) is 5.56 Å². The van der Waals surface area contributed by atoms with Gasteiger partial charge in [0, 0.05) is 10.9 Å². The average Bonchev–Trinajstić information content (AvgIpc) is 3.21. The Morgan fingerprint density at radius 3 is 2.47 bits per heavy atom. The van der Waals surface area contributed by atoms with Crippen molar-refractivity contribution in [1.82, 2.24) is 15.1 Å². The number of benzene rings is 3. The maximum Gasteiger partial charge on any atom is 0.251 e. The summed E-state index contributed by atoms with van der Waals surface area (Å²) in [5.41, 5.74) is 5.02. The Morgan fingerprint density at radius 2 is 1.75 bits per heavy atom. The number of methoxy groups -OCH3 is 1. The van der Waals surface area contributed by atoms with Gasteiger partial charge in [-0.1, -0.05) is 56.3 Å². The van der Waals surface area contributed by atoms with Crippen molar-refractivity contribution in [3.63, 3.8) is 0 Å². The molecule has 4 aromatic rings. The zero-order chi connectivity index (χ0) is 22.7. The zero-order valence-electron chi connectivity index (χ0n) is 19.0. The SMILES string of the molecule is COc1cccc(Cn2ncc3ccc(C(=O)N[C@H](C)c4ccc(C(C)C)cc4)cc32)c1. The quantitative estimate of drug-likeness (QED) is 0.411. The smallest absolute Gasteiger partial charge is 0.251 e. The number of amides is 1. The van der Waals surface area contributed by atoms with Crippen molar-refractivity contribution < 1.29 is 9.53 Å². The van der Waals surface area contributed by atoms with Gasteiger partial charge in [-0.2, -0.15) is 5.10 Å². The van der Waals surface area contributed by atoms with Gasteiger partial charge in [-0.05, 0) is 53.8 Å². The number of hydrogen-bond acceptors (Lipinski definition) is 3. The Bertz CT molecular complexity index is 1230. The summed E-state index contributed by atoms with van der Waals surface area (Å²) in [7, 11) is 1.66. The van der Waals surface area contributed by atoms with Crippen LogP contribution in [0.4, 0.5) is 0 Å². The van der Waals surface area contributed by atoms with Gasteiger partial charge in [0.2, 0.25) is 0 Å². The number of nitrogens with one attached hydrogen (secondary N) is 1. The van der Waals surface area contributed by atoms with Gasteiger partial charge in [-0.3, -0.25) is 9.48 Å². The first kappa shape index (κ1) is 21.6. The van der Waals surface area contributed by atoms with E-state index in [4.69, 9.17) is 4.74 Å². The van der Waals surface area contributed by atoms with Crippen LogP contribution in [0, 0.1) is 0 Å². The lowest BCUT2D eigenvalue weighted by Gasteiger charge is -2.16. The number of carbonyl (C=O) groups is 1. The predicted octanol–water partition coefficient (Wildman–Crippen LogP) is 5.71. The van der Waals surface area contributed by atoms with Crippen LogP contribution in [-0.2, 0) is 6.54 Å². The van der Waals surface area contributed by atoms with Gasteiger partial charge >= 0.3 is 0 Å². The fourth-order valence-electron chi connectivity index (χ4n) is 3.81. The first-order chi connectivity index (χ1) is 15.4. The molecule has 0 aliphatic carbocycles. The molecule has 5 heteroatoms. The van der Waals surface area contributed by atoms with Gasteiger partial charge in [0.1, 0.15) is 5.75 Å². The Hall–Kier alpha value is -3.60. The Balaban J connectivity index is 1.52. The lowest BCUT2D eigenvalue weighted by Crippen LogP contribution is -2.26. The third-order valence-corrected chi connectivity index (χ3v) is 5.82. The summed E-state index contributed by atoms with van der Waals surface area (Å²) in [6.07, 6.45) is 1.83. The number of aromatic nitrogens is 2. The van der Waals surface area contributed by atoms with E-state index in [0.29, 0.717) is 18.0 Å². The van der Waals surface area contributed by atoms with Crippen molar-refractivity contribution in [2.24, 2.45) is 0 Å². The molecule has 0 radical (unpaired) electrons. The van der Waals surface area contributed by atoms with Crippen molar-refractivity contribution in [1.29, 1.82) is 0 Å². The topological polar surface area (TPSA) is 56.2 Å². The molecule has 1 atom stereocenters. The first-order valence-electron chi connectivity index (χ1n) is 10.9. The van der Waals surface area contributed by atoms with Gasteiger partial charge < -0.3 is 10.1 Å². The van der Waals surface area contributed by atoms with Crippen molar-refractivity contribution in [3.05, 3.63) is 95.2 Å². The maximum atomic E-state index is 13.0. The highest BCUT2D eigenvalue weighted by molar-refractivity contribution is 5.98. The molecule has 1 aromatic heterocycles. The third kappa shape index (κ3) is 4.67. The third-order valence-electron chi connectivity index (χ3n) is 5.82. The first-order valence-corrected chi connectivity index (χ1v) is 10.9. The number of fused-ring (bicyclic) bond motifs is 1. The summed E-state index contributed by atoms with van der Waals surface area (Å²) in [4.78, 5) is 13.0. The zero-order valence-corrected chi connectivity index (χ0v) is 19.0. The number of carbonyl (C=O) groups excluding carboxylic acids is 1. The van der Waals surface area contributed by atoms with E-state index in [1.54, 1.807) is 7.11 Å². The maximum absolute atomic E-state index is 13.0. The fraction of sp³-hybridized carbons (Fsp3) is 0.259. The van der Waals surface area contributed by atoms with E-state index >= 15 is 0 Å². The fourth-order valence-corrected chi connectivity index (χ4v) is 3.81. The molecule has 0 aliphatic heterocycles. The van der Waals surface area contributed by atoms with Crippen LogP contribution in [0.2, 0.25) is 0 Å². The summed E-state index contributed by atoms with van der Waals surface area (Å²) >= 11 is 0. The van der Waals surface area contributed by atoms with E-state index in [0.717, 1.165) is 27.8 Å². The normalized spacial score (nSPS) is 12.2. The van der Waals surface area contributed by atoms with E-state index in [9.17, 15) is 4.79 Å². The summed E-state index contributed by atoms with van der Waals surface area (Å²) < 4.78 is 7.23. The van der Waals surface area contributed by atoms with Crippen molar-refractivity contribution in [3.8, 4) is 5.75 Å². The second kappa shape index (κ2) is 9.27. The number of hydrogen-bond donors (Lipinski definition) is 1. The van der Waals surface area contributed by atoms with Gasteiger partial charge in [0.15, 0.2) is 0 Å². The van der Waals surface area contributed by atoms with Crippen LogP contribution in [0.15, 0.2) is 72.9 Å². The minimum Gasteiger partial charge on any atom is -0.497 e. The lowest BCUT2D eigenvalue weighted by atomic mass is 9.99. The average molecular weight is 428 g/mol. The van der Waals surface area contributed by atoms with Crippen LogP contribution >= 0.6 is 0 Å². The minimum atomic E-state index is -0.0959. The molecule has 164 valence electrons. The van der Waals surface area contributed by atoms with Gasteiger partial charge in [-0.15, -0.1) is 0 Å². The van der Waals surface area contributed by atoms with Crippen molar-refractivity contribution >= 4 is 16.8 Å². The van der Waals surface area contributed by atoms with E-state index < -0.39 is 0 Å². The van der Waals surface area contributed by atoms with Gasteiger partial charge in [-0.25, -0.2) is 0 Å². The Morgan fingerprint density at radius 1 is 1.00 bits per heavy atom. The molecule has 5 nitrogen and oxygen atoms in total. The molecule has 1 N–H and O–H groups in total. The summed E-state index contributed by atoms with van der Waals surface area (Å²) in [5.74, 6) is 1.21. The second-order valence-electron chi connectivity index (χ2n) is 8.44. The highest BCUT2D eigenvalue weighted by atomic mass is 16.5.